The maximum Gasteiger partial charge on any atom is 0.337 e. The van der Waals surface area contributed by atoms with Crippen molar-refractivity contribution in [3.8, 4) is 11.5 Å². The van der Waals surface area contributed by atoms with Gasteiger partial charge in [-0.1, -0.05) is 6.42 Å². The molecule has 140 valence electrons. The number of carboxylic acid groups (broad SMARTS) is 1. The van der Waals surface area contributed by atoms with Crippen molar-refractivity contribution in [1.82, 2.24) is 0 Å². The van der Waals surface area contributed by atoms with E-state index >= 15 is 0 Å². The lowest BCUT2D eigenvalue weighted by Gasteiger charge is -2.46. The van der Waals surface area contributed by atoms with Crippen LogP contribution in [0.15, 0.2) is 22.1 Å². The summed E-state index contributed by atoms with van der Waals surface area (Å²) in [5.74, 6) is -0.162. The molecule has 3 rings (SSSR count). The molecule has 5 N–H and O–H groups in total. The number of ether oxygens (including phenoxy) is 2. The highest BCUT2D eigenvalue weighted by Gasteiger charge is 2.44. The topological polar surface area (TPSA) is 136 Å². The van der Waals surface area contributed by atoms with E-state index < -0.39 is 11.6 Å². The van der Waals surface area contributed by atoms with Gasteiger partial charge in [-0.05, 0) is 25.7 Å². The van der Waals surface area contributed by atoms with Crippen LogP contribution in [-0.4, -0.2) is 42.9 Å². The maximum absolute atomic E-state index is 11.9. The number of hydrogen-bond donors (Lipinski definition) is 3. The van der Waals surface area contributed by atoms with Crippen LogP contribution in [0.25, 0.3) is 0 Å². The van der Waals surface area contributed by atoms with E-state index in [0.29, 0.717) is 30.0 Å². The first kappa shape index (κ1) is 17.8. The minimum Gasteiger partial charge on any atom is -0.493 e. The van der Waals surface area contributed by atoms with Gasteiger partial charge in [0.2, 0.25) is 11.9 Å². The molecule has 0 aromatic heterocycles. The third-order valence-corrected chi connectivity index (χ3v) is 4.82. The Morgan fingerprint density at radius 1 is 1.15 bits per heavy atom. The lowest BCUT2D eigenvalue weighted by Crippen LogP contribution is -2.58. The molecule has 1 saturated carbocycles. The number of aliphatic imine (C=N–C) groups is 2. The molecule has 1 aliphatic carbocycles. The quantitative estimate of drug-likeness (QED) is 0.739. The Morgan fingerprint density at radius 2 is 1.77 bits per heavy atom. The van der Waals surface area contributed by atoms with Crippen molar-refractivity contribution in [3.05, 3.63) is 17.7 Å². The van der Waals surface area contributed by atoms with Crippen molar-refractivity contribution in [1.29, 1.82) is 0 Å². The van der Waals surface area contributed by atoms with Gasteiger partial charge in [-0.25, -0.2) is 9.79 Å². The summed E-state index contributed by atoms with van der Waals surface area (Å²) in [6.45, 7) is 0. The zero-order valence-electron chi connectivity index (χ0n) is 14.9. The Labute approximate surface area is 151 Å². The van der Waals surface area contributed by atoms with Crippen LogP contribution in [0.3, 0.4) is 0 Å². The molecule has 26 heavy (non-hydrogen) atoms. The average Bonchev–Trinajstić information content (AvgIpc) is 2.60. The minimum absolute atomic E-state index is 0.0291. The number of nitrogens with zero attached hydrogens (tertiary/aromatic N) is 3. The Bertz CT molecular complexity index is 784. The number of rotatable bonds is 4. The lowest BCUT2D eigenvalue weighted by molar-refractivity contribution is 0.0697. The predicted octanol–water partition coefficient (Wildman–Crippen LogP) is 1.51. The smallest absolute Gasteiger partial charge is 0.337 e. The Kier molecular flexibility index (Phi) is 4.62. The van der Waals surface area contributed by atoms with Crippen LogP contribution < -0.4 is 25.8 Å². The summed E-state index contributed by atoms with van der Waals surface area (Å²) in [6, 6.07) is 3.01. The van der Waals surface area contributed by atoms with Crippen LogP contribution in [0.4, 0.5) is 5.69 Å². The fraction of sp³-hybridized carbons (Fsp3) is 0.471. The molecule has 0 radical (unpaired) electrons. The number of methoxy groups -OCH3 is 2. The number of hydrogen-bond acceptors (Lipinski definition) is 8. The molecular weight excluding hydrogens is 338 g/mol. The minimum atomic E-state index is -1.11. The molecule has 1 heterocycles. The van der Waals surface area contributed by atoms with Crippen molar-refractivity contribution >= 4 is 23.6 Å². The van der Waals surface area contributed by atoms with Crippen molar-refractivity contribution in [3.63, 3.8) is 0 Å². The second-order valence-electron chi connectivity index (χ2n) is 6.35. The van der Waals surface area contributed by atoms with Gasteiger partial charge in [0.15, 0.2) is 11.5 Å². The normalized spacial score (nSPS) is 18.9. The second-order valence-corrected chi connectivity index (χ2v) is 6.35. The van der Waals surface area contributed by atoms with Crippen LogP contribution in [0.1, 0.15) is 42.5 Å². The van der Waals surface area contributed by atoms with E-state index in [0.717, 1.165) is 19.3 Å². The van der Waals surface area contributed by atoms with Crippen LogP contribution >= 0.6 is 0 Å². The fourth-order valence-electron chi connectivity index (χ4n) is 3.69. The van der Waals surface area contributed by atoms with E-state index in [1.807, 2.05) is 0 Å². The second kappa shape index (κ2) is 6.74. The fourth-order valence-corrected chi connectivity index (χ4v) is 3.69. The molecule has 0 unspecified atom stereocenters. The lowest BCUT2D eigenvalue weighted by atomic mass is 9.87. The van der Waals surface area contributed by atoms with E-state index in [9.17, 15) is 9.90 Å². The molecule has 0 amide bonds. The molecule has 1 aliphatic heterocycles. The van der Waals surface area contributed by atoms with E-state index in [2.05, 4.69) is 9.98 Å². The molecule has 9 heteroatoms. The third kappa shape index (κ3) is 2.89. The molecule has 0 atom stereocenters. The molecule has 0 bridgehead atoms. The van der Waals surface area contributed by atoms with Crippen LogP contribution in [0.2, 0.25) is 0 Å². The zero-order valence-corrected chi connectivity index (χ0v) is 14.9. The van der Waals surface area contributed by atoms with Crippen LogP contribution in [0, 0.1) is 0 Å². The first-order valence-corrected chi connectivity index (χ1v) is 8.41. The van der Waals surface area contributed by atoms with Crippen LogP contribution in [0.5, 0.6) is 11.5 Å². The molecule has 1 fully saturated rings. The largest absolute Gasteiger partial charge is 0.493 e. The average molecular weight is 361 g/mol. The van der Waals surface area contributed by atoms with E-state index in [-0.39, 0.29) is 17.5 Å². The highest BCUT2D eigenvalue weighted by atomic mass is 16.5. The number of carboxylic acids is 1. The van der Waals surface area contributed by atoms with Gasteiger partial charge < -0.3 is 26.0 Å². The Morgan fingerprint density at radius 3 is 2.35 bits per heavy atom. The molecular formula is C17H23N5O4. The van der Waals surface area contributed by atoms with E-state index in [1.165, 1.54) is 20.3 Å². The van der Waals surface area contributed by atoms with Crippen molar-refractivity contribution in [2.24, 2.45) is 21.5 Å². The van der Waals surface area contributed by atoms with E-state index in [1.54, 1.807) is 11.0 Å². The zero-order chi connectivity index (χ0) is 18.9. The molecule has 1 spiro atoms. The number of aromatic carboxylic acids is 1. The molecule has 9 nitrogen and oxygen atoms in total. The summed E-state index contributed by atoms with van der Waals surface area (Å²) in [4.78, 5) is 22.2. The first-order chi connectivity index (χ1) is 12.4. The summed E-state index contributed by atoms with van der Waals surface area (Å²) >= 11 is 0. The summed E-state index contributed by atoms with van der Waals surface area (Å²) in [6.07, 6.45) is 4.38. The van der Waals surface area contributed by atoms with Crippen LogP contribution in [-0.2, 0) is 0 Å². The predicted molar refractivity (Wildman–Crippen MR) is 98.0 cm³/mol. The van der Waals surface area contributed by atoms with E-state index in [4.69, 9.17) is 20.9 Å². The van der Waals surface area contributed by atoms with Gasteiger partial charge in [-0.2, -0.15) is 4.99 Å². The summed E-state index contributed by atoms with van der Waals surface area (Å²) in [5, 5.41) is 9.74. The van der Waals surface area contributed by atoms with Gasteiger partial charge in [0, 0.05) is 12.1 Å². The summed E-state index contributed by atoms with van der Waals surface area (Å²) in [7, 11) is 2.94. The first-order valence-electron chi connectivity index (χ1n) is 8.41. The number of guanidine groups is 2. The SMILES string of the molecule is COc1cc(C(=O)O)c(N2C(N)=NC(N)=NC23CCCCC3)cc1OC. The van der Waals surface area contributed by atoms with Gasteiger partial charge in [-0.3, -0.25) is 4.90 Å². The Hall–Kier alpha value is -2.97. The summed E-state index contributed by atoms with van der Waals surface area (Å²) < 4.78 is 10.6. The van der Waals surface area contributed by atoms with Crippen molar-refractivity contribution < 1.29 is 19.4 Å². The maximum atomic E-state index is 11.9. The number of anilines is 1. The van der Waals surface area contributed by atoms with Gasteiger partial charge in [-0.15, -0.1) is 0 Å². The van der Waals surface area contributed by atoms with Crippen molar-refractivity contribution in [2.45, 2.75) is 37.8 Å². The van der Waals surface area contributed by atoms with Gasteiger partial charge >= 0.3 is 5.97 Å². The molecule has 2 aliphatic rings. The standard InChI is InChI=1S/C17H23N5O4/c1-25-12-8-10(14(23)24)11(9-13(12)26-2)22-16(19)20-15(18)21-17(22)6-4-3-5-7-17/h8-9H,3-7H2,1-2H3,(H,23,24)(H4,18,19,20,21). The number of benzene rings is 1. The van der Waals surface area contributed by atoms with Gasteiger partial charge in [0.25, 0.3) is 0 Å². The monoisotopic (exact) mass is 361 g/mol. The molecule has 0 saturated heterocycles. The third-order valence-electron chi connectivity index (χ3n) is 4.82. The van der Waals surface area contributed by atoms with Crippen molar-refractivity contribution in [2.75, 3.05) is 19.1 Å². The molecule has 1 aromatic carbocycles. The summed E-state index contributed by atoms with van der Waals surface area (Å²) in [5.41, 5.74) is 11.7. The molecule has 1 aromatic rings. The Balaban J connectivity index is 2.22. The van der Waals surface area contributed by atoms with Gasteiger partial charge in [0.1, 0.15) is 5.66 Å². The number of nitrogens with two attached hydrogens (primary N) is 2. The van der Waals surface area contributed by atoms with Gasteiger partial charge in [0.05, 0.1) is 25.5 Å². The highest BCUT2D eigenvalue weighted by molar-refractivity contribution is 6.09. The highest BCUT2D eigenvalue weighted by Crippen LogP contribution is 2.43. The number of carbonyl (C=O) groups is 1.